The lowest BCUT2D eigenvalue weighted by Gasteiger charge is -2.21. The van der Waals surface area contributed by atoms with Gasteiger partial charge in [-0.2, -0.15) is 0 Å². The van der Waals surface area contributed by atoms with Crippen molar-refractivity contribution in [1.82, 2.24) is 5.32 Å². The first-order valence-corrected chi connectivity index (χ1v) is 6.51. The first-order valence-electron chi connectivity index (χ1n) is 6.10. The molecular formula is C13H22N3OS+. The zero-order chi connectivity index (χ0) is 13.5. The van der Waals surface area contributed by atoms with Crippen LogP contribution in [0.1, 0.15) is 6.42 Å². The number of thiocarbonyl (C=S) groups is 1. The summed E-state index contributed by atoms with van der Waals surface area (Å²) in [5.41, 5.74) is 0.962. The van der Waals surface area contributed by atoms with Crippen molar-refractivity contribution >= 4 is 23.0 Å². The second kappa shape index (κ2) is 7.18. The summed E-state index contributed by atoms with van der Waals surface area (Å²) < 4.78 is 0. The summed E-state index contributed by atoms with van der Waals surface area (Å²) in [7, 11) is 6.20. The first kappa shape index (κ1) is 14.7. The molecule has 1 aromatic carbocycles. The Bertz CT molecular complexity index is 378. The van der Waals surface area contributed by atoms with Crippen molar-refractivity contribution in [2.45, 2.75) is 6.42 Å². The van der Waals surface area contributed by atoms with Gasteiger partial charge in [0.2, 0.25) is 0 Å². The number of phenols is 1. The SMILES string of the molecule is CN(C(=S)NCCC[NH+](C)C)c1ccc(O)cc1. The number of rotatable bonds is 5. The van der Waals surface area contributed by atoms with Gasteiger partial charge in [0, 0.05) is 25.7 Å². The molecule has 0 atom stereocenters. The summed E-state index contributed by atoms with van der Waals surface area (Å²) in [4.78, 5) is 3.34. The Labute approximate surface area is 114 Å². The van der Waals surface area contributed by atoms with Gasteiger partial charge in [0.25, 0.3) is 0 Å². The molecule has 0 aliphatic heterocycles. The Balaban J connectivity index is 2.39. The van der Waals surface area contributed by atoms with E-state index in [1.807, 2.05) is 24.1 Å². The van der Waals surface area contributed by atoms with E-state index >= 15 is 0 Å². The van der Waals surface area contributed by atoms with Gasteiger partial charge < -0.3 is 20.2 Å². The van der Waals surface area contributed by atoms with Gasteiger partial charge in [-0.05, 0) is 36.5 Å². The molecular weight excluding hydrogens is 246 g/mol. The van der Waals surface area contributed by atoms with Crippen molar-refractivity contribution in [2.75, 3.05) is 39.1 Å². The highest BCUT2D eigenvalue weighted by Gasteiger charge is 2.06. The number of benzene rings is 1. The number of nitrogens with one attached hydrogen (secondary N) is 2. The molecule has 0 aliphatic carbocycles. The molecule has 100 valence electrons. The maximum atomic E-state index is 9.23. The maximum Gasteiger partial charge on any atom is 0.173 e. The van der Waals surface area contributed by atoms with Gasteiger partial charge in [-0.15, -0.1) is 0 Å². The molecule has 1 rings (SSSR count). The predicted molar refractivity (Wildman–Crippen MR) is 79.4 cm³/mol. The maximum absolute atomic E-state index is 9.23. The number of phenolic OH excluding ortho intramolecular Hbond substituents is 1. The average Bonchev–Trinajstić information content (AvgIpc) is 2.34. The molecule has 0 aliphatic rings. The summed E-state index contributed by atoms with van der Waals surface area (Å²) in [5.74, 6) is 0.264. The molecule has 0 fully saturated rings. The second-order valence-corrected chi connectivity index (χ2v) is 5.00. The van der Waals surface area contributed by atoms with E-state index in [2.05, 4.69) is 19.4 Å². The summed E-state index contributed by atoms with van der Waals surface area (Å²) in [6.07, 6.45) is 1.09. The second-order valence-electron chi connectivity index (χ2n) is 4.62. The molecule has 0 heterocycles. The molecule has 0 amide bonds. The lowest BCUT2D eigenvalue weighted by Crippen LogP contribution is -3.05. The molecule has 5 heteroatoms. The molecule has 18 heavy (non-hydrogen) atoms. The normalized spacial score (nSPS) is 10.4. The van der Waals surface area contributed by atoms with Crippen molar-refractivity contribution in [2.24, 2.45) is 0 Å². The molecule has 0 saturated carbocycles. The van der Waals surface area contributed by atoms with Gasteiger partial charge in [0.1, 0.15) is 5.75 Å². The number of nitrogens with zero attached hydrogens (tertiary/aromatic N) is 1. The number of aromatic hydroxyl groups is 1. The van der Waals surface area contributed by atoms with E-state index in [1.54, 1.807) is 12.1 Å². The Morgan fingerprint density at radius 3 is 2.50 bits per heavy atom. The molecule has 0 unspecified atom stereocenters. The highest BCUT2D eigenvalue weighted by molar-refractivity contribution is 7.80. The molecule has 1 aromatic rings. The molecule has 0 saturated heterocycles. The van der Waals surface area contributed by atoms with E-state index < -0.39 is 0 Å². The van der Waals surface area contributed by atoms with Crippen LogP contribution in [0.4, 0.5) is 5.69 Å². The van der Waals surface area contributed by atoms with Crippen molar-refractivity contribution in [3.8, 4) is 5.75 Å². The van der Waals surface area contributed by atoms with Crippen LogP contribution in [0, 0.1) is 0 Å². The number of hydrogen-bond acceptors (Lipinski definition) is 2. The van der Waals surface area contributed by atoms with Crippen LogP contribution >= 0.6 is 12.2 Å². The lowest BCUT2D eigenvalue weighted by molar-refractivity contribution is -0.858. The van der Waals surface area contributed by atoms with Gasteiger partial charge in [-0.1, -0.05) is 0 Å². The average molecular weight is 268 g/mol. The van der Waals surface area contributed by atoms with Crippen LogP contribution in [-0.2, 0) is 0 Å². The highest BCUT2D eigenvalue weighted by atomic mass is 32.1. The van der Waals surface area contributed by atoms with Crippen molar-refractivity contribution in [3.63, 3.8) is 0 Å². The van der Waals surface area contributed by atoms with E-state index in [0.717, 1.165) is 25.2 Å². The third-order valence-electron chi connectivity index (χ3n) is 2.67. The number of hydrogen-bond donors (Lipinski definition) is 3. The highest BCUT2D eigenvalue weighted by Crippen LogP contribution is 2.17. The monoisotopic (exact) mass is 268 g/mol. The predicted octanol–water partition coefficient (Wildman–Crippen LogP) is 0.238. The summed E-state index contributed by atoms with van der Waals surface area (Å²) >= 11 is 5.32. The minimum atomic E-state index is 0.264. The molecule has 0 spiro atoms. The third-order valence-corrected chi connectivity index (χ3v) is 3.09. The van der Waals surface area contributed by atoms with Crippen LogP contribution in [-0.4, -0.2) is 44.5 Å². The molecule has 4 nitrogen and oxygen atoms in total. The number of anilines is 1. The van der Waals surface area contributed by atoms with E-state index in [4.69, 9.17) is 12.2 Å². The minimum Gasteiger partial charge on any atom is -0.508 e. The molecule has 0 radical (unpaired) electrons. The Morgan fingerprint density at radius 1 is 1.33 bits per heavy atom. The standard InChI is InChI=1S/C13H21N3OS/c1-15(2)10-4-9-14-13(18)16(3)11-5-7-12(17)8-6-11/h5-8,17H,4,9-10H2,1-3H3,(H,14,18)/p+1. The van der Waals surface area contributed by atoms with Crippen molar-refractivity contribution in [3.05, 3.63) is 24.3 Å². The summed E-state index contributed by atoms with van der Waals surface area (Å²) in [5, 5.41) is 13.2. The Kier molecular flexibility index (Phi) is 5.88. The largest absolute Gasteiger partial charge is 0.508 e. The van der Waals surface area contributed by atoms with Crippen molar-refractivity contribution in [1.29, 1.82) is 0 Å². The van der Waals surface area contributed by atoms with Crippen LogP contribution in [0.3, 0.4) is 0 Å². The van der Waals surface area contributed by atoms with Crippen LogP contribution in [0.25, 0.3) is 0 Å². The van der Waals surface area contributed by atoms with Crippen LogP contribution in [0.15, 0.2) is 24.3 Å². The van der Waals surface area contributed by atoms with Gasteiger partial charge in [-0.3, -0.25) is 0 Å². The van der Waals surface area contributed by atoms with Crippen LogP contribution in [0.2, 0.25) is 0 Å². The van der Waals surface area contributed by atoms with E-state index in [1.165, 1.54) is 4.90 Å². The Hall–Kier alpha value is -1.33. The third kappa shape index (κ3) is 4.89. The quantitative estimate of drug-likeness (QED) is 0.528. The fourth-order valence-electron chi connectivity index (χ4n) is 1.55. The van der Waals surface area contributed by atoms with Crippen molar-refractivity contribution < 1.29 is 10.0 Å². The minimum absolute atomic E-state index is 0.264. The van der Waals surface area contributed by atoms with Crippen LogP contribution < -0.4 is 15.1 Å². The topological polar surface area (TPSA) is 39.9 Å². The van der Waals surface area contributed by atoms with Crippen LogP contribution in [0.5, 0.6) is 5.75 Å². The van der Waals surface area contributed by atoms with E-state index in [9.17, 15) is 5.11 Å². The van der Waals surface area contributed by atoms with Gasteiger partial charge >= 0.3 is 0 Å². The fraction of sp³-hybridized carbons (Fsp3) is 0.462. The van der Waals surface area contributed by atoms with Gasteiger partial charge in [0.05, 0.1) is 20.6 Å². The summed E-state index contributed by atoms with van der Waals surface area (Å²) in [6.45, 7) is 2.00. The summed E-state index contributed by atoms with van der Waals surface area (Å²) in [6, 6.07) is 6.99. The van der Waals surface area contributed by atoms with Gasteiger partial charge in [0.15, 0.2) is 5.11 Å². The molecule has 3 N–H and O–H groups in total. The zero-order valence-electron chi connectivity index (χ0n) is 11.2. The zero-order valence-corrected chi connectivity index (χ0v) is 12.0. The smallest absolute Gasteiger partial charge is 0.173 e. The lowest BCUT2D eigenvalue weighted by atomic mass is 10.3. The first-order chi connectivity index (χ1) is 8.50. The fourth-order valence-corrected chi connectivity index (χ4v) is 1.76. The molecule has 0 aromatic heterocycles. The van der Waals surface area contributed by atoms with E-state index in [0.29, 0.717) is 5.11 Å². The molecule has 0 bridgehead atoms. The Morgan fingerprint density at radius 2 is 1.94 bits per heavy atom. The van der Waals surface area contributed by atoms with Gasteiger partial charge in [-0.25, -0.2) is 0 Å². The van der Waals surface area contributed by atoms with E-state index in [-0.39, 0.29) is 5.75 Å². The number of quaternary nitrogens is 1.